The summed E-state index contributed by atoms with van der Waals surface area (Å²) >= 11 is 0. The Bertz CT molecular complexity index is 765. The van der Waals surface area contributed by atoms with E-state index < -0.39 is 10.8 Å². The molecule has 1 aliphatic heterocycles. The van der Waals surface area contributed by atoms with Crippen LogP contribution < -0.4 is 15.8 Å². The second-order valence-electron chi connectivity index (χ2n) is 5.05. The molecule has 1 fully saturated rings. The largest absolute Gasteiger partial charge is 0.378 e. The summed E-state index contributed by atoms with van der Waals surface area (Å²) in [6, 6.07) is 4.85. The highest BCUT2D eigenvalue weighted by Gasteiger charge is 2.28. The number of nitro groups is 1. The van der Waals surface area contributed by atoms with Crippen molar-refractivity contribution in [2.45, 2.75) is 0 Å². The van der Waals surface area contributed by atoms with E-state index >= 15 is 0 Å². The zero-order chi connectivity index (χ0) is 17.6. The molecule has 25 heavy (non-hydrogen) atoms. The van der Waals surface area contributed by atoms with Gasteiger partial charge in [-0.1, -0.05) is 6.07 Å². The predicted octanol–water partition coefficient (Wildman–Crippen LogP) is 0.373. The van der Waals surface area contributed by atoms with Gasteiger partial charge in [-0.25, -0.2) is 9.97 Å². The second-order valence-corrected chi connectivity index (χ2v) is 5.05. The van der Waals surface area contributed by atoms with Gasteiger partial charge in [0.15, 0.2) is 0 Å². The number of hydrogen-bond donors (Lipinski definition) is 2. The first kappa shape index (κ1) is 16.5. The lowest BCUT2D eigenvalue weighted by Crippen LogP contribution is -2.37. The van der Waals surface area contributed by atoms with E-state index in [4.69, 9.17) is 4.74 Å². The number of hydrazine groups is 1. The lowest BCUT2D eigenvalue weighted by molar-refractivity contribution is -0.383. The van der Waals surface area contributed by atoms with Crippen molar-refractivity contribution in [3.8, 4) is 0 Å². The number of hydrogen-bond acceptors (Lipinski definition) is 9. The zero-order valence-electron chi connectivity index (χ0n) is 13.1. The molecule has 1 aliphatic rings. The van der Waals surface area contributed by atoms with E-state index in [2.05, 4.69) is 25.8 Å². The number of carbonyl (C=O) groups excluding carboxylic acids is 1. The van der Waals surface area contributed by atoms with E-state index in [-0.39, 0.29) is 23.0 Å². The number of aromatic nitrogens is 3. The molecule has 0 saturated carbocycles. The average molecular weight is 345 g/mol. The monoisotopic (exact) mass is 345 g/mol. The molecular weight excluding hydrogens is 330 g/mol. The normalized spacial score (nSPS) is 14.0. The molecule has 0 aliphatic carbocycles. The van der Waals surface area contributed by atoms with Crippen molar-refractivity contribution in [1.29, 1.82) is 0 Å². The Labute approximate surface area is 142 Å². The standard InChI is InChI=1S/C14H15N7O4/c22-14(10-3-1-2-4-15-10)19-18-12-11(21(23)24)13(17-9-16-12)20-5-7-25-8-6-20/h1-4,9H,5-8H2,(H,19,22)(H,16,17,18). The number of anilines is 2. The Balaban J connectivity index is 1.81. The highest BCUT2D eigenvalue weighted by atomic mass is 16.6. The van der Waals surface area contributed by atoms with Crippen molar-refractivity contribution >= 4 is 23.2 Å². The summed E-state index contributed by atoms with van der Waals surface area (Å²) in [6.07, 6.45) is 2.67. The number of amides is 1. The van der Waals surface area contributed by atoms with Gasteiger partial charge in [0.05, 0.1) is 18.1 Å². The van der Waals surface area contributed by atoms with Gasteiger partial charge < -0.3 is 9.64 Å². The average Bonchev–Trinajstić information content (AvgIpc) is 2.67. The lowest BCUT2D eigenvalue weighted by Gasteiger charge is -2.27. The first-order valence-electron chi connectivity index (χ1n) is 7.46. The molecule has 11 nitrogen and oxygen atoms in total. The van der Waals surface area contributed by atoms with Crippen molar-refractivity contribution in [1.82, 2.24) is 20.4 Å². The Morgan fingerprint density at radius 3 is 2.72 bits per heavy atom. The molecule has 0 spiro atoms. The van der Waals surface area contributed by atoms with Gasteiger partial charge >= 0.3 is 5.69 Å². The minimum atomic E-state index is -0.583. The molecule has 0 atom stereocenters. The molecule has 0 bridgehead atoms. The molecule has 3 rings (SSSR count). The predicted molar refractivity (Wildman–Crippen MR) is 87.0 cm³/mol. The summed E-state index contributed by atoms with van der Waals surface area (Å²) in [6.45, 7) is 1.88. The maximum Gasteiger partial charge on any atom is 0.355 e. The van der Waals surface area contributed by atoms with Crippen LogP contribution in [0.5, 0.6) is 0 Å². The second kappa shape index (κ2) is 7.49. The molecule has 2 N–H and O–H groups in total. The van der Waals surface area contributed by atoms with E-state index in [0.717, 1.165) is 0 Å². The minimum Gasteiger partial charge on any atom is -0.378 e. The highest BCUT2D eigenvalue weighted by molar-refractivity contribution is 5.93. The number of carbonyl (C=O) groups is 1. The number of rotatable bonds is 5. The van der Waals surface area contributed by atoms with Crippen molar-refractivity contribution < 1.29 is 14.5 Å². The molecule has 0 aromatic carbocycles. The fourth-order valence-corrected chi connectivity index (χ4v) is 2.31. The molecule has 2 aromatic heterocycles. The van der Waals surface area contributed by atoms with E-state index in [0.29, 0.717) is 26.3 Å². The first-order chi connectivity index (χ1) is 12.2. The summed E-state index contributed by atoms with van der Waals surface area (Å²) < 4.78 is 5.25. The fraction of sp³-hybridized carbons (Fsp3) is 0.286. The van der Waals surface area contributed by atoms with Crippen LogP contribution in [0.15, 0.2) is 30.7 Å². The summed E-state index contributed by atoms with van der Waals surface area (Å²) in [4.78, 5) is 36.5. The van der Waals surface area contributed by atoms with Gasteiger partial charge in [-0.3, -0.25) is 30.7 Å². The summed E-state index contributed by atoms with van der Waals surface area (Å²) in [5.74, 6) is -0.468. The van der Waals surface area contributed by atoms with Crippen LogP contribution in [0, 0.1) is 10.1 Å². The first-order valence-corrected chi connectivity index (χ1v) is 7.46. The lowest BCUT2D eigenvalue weighted by atomic mass is 10.3. The Kier molecular flexibility index (Phi) is 4.95. The van der Waals surface area contributed by atoms with Crippen molar-refractivity contribution in [2.24, 2.45) is 0 Å². The van der Waals surface area contributed by atoms with Gasteiger partial charge in [0.25, 0.3) is 5.91 Å². The third-order valence-electron chi connectivity index (χ3n) is 3.49. The topological polar surface area (TPSA) is 135 Å². The molecular formula is C14H15N7O4. The van der Waals surface area contributed by atoms with Gasteiger partial charge in [-0.05, 0) is 12.1 Å². The molecule has 1 saturated heterocycles. The van der Waals surface area contributed by atoms with Crippen LogP contribution in [-0.4, -0.2) is 52.1 Å². The summed E-state index contributed by atoms with van der Waals surface area (Å²) in [5.41, 5.74) is 4.69. The molecule has 1 amide bonds. The Hall–Kier alpha value is -3.34. The third kappa shape index (κ3) is 3.77. The van der Waals surface area contributed by atoms with Gasteiger partial charge in [-0.2, -0.15) is 0 Å². The van der Waals surface area contributed by atoms with Crippen LogP contribution in [-0.2, 0) is 4.74 Å². The fourth-order valence-electron chi connectivity index (χ4n) is 2.31. The van der Waals surface area contributed by atoms with Gasteiger partial charge in [0, 0.05) is 19.3 Å². The van der Waals surface area contributed by atoms with E-state index in [1.807, 2.05) is 0 Å². The van der Waals surface area contributed by atoms with Crippen LogP contribution in [0.25, 0.3) is 0 Å². The smallest absolute Gasteiger partial charge is 0.355 e. The van der Waals surface area contributed by atoms with Gasteiger partial charge in [-0.15, -0.1) is 0 Å². The third-order valence-corrected chi connectivity index (χ3v) is 3.49. The van der Waals surface area contributed by atoms with E-state index in [1.165, 1.54) is 18.6 Å². The van der Waals surface area contributed by atoms with Crippen molar-refractivity contribution in [3.05, 3.63) is 46.5 Å². The molecule has 130 valence electrons. The minimum absolute atomic E-state index is 0.106. The SMILES string of the molecule is O=C(NNc1ncnc(N2CCOCC2)c1[N+](=O)[O-])c1ccccn1. The molecule has 0 radical (unpaired) electrons. The number of ether oxygens (including phenoxy) is 1. The van der Waals surface area contributed by atoms with Gasteiger partial charge in [0.1, 0.15) is 12.0 Å². The highest BCUT2D eigenvalue weighted by Crippen LogP contribution is 2.31. The zero-order valence-corrected chi connectivity index (χ0v) is 13.1. The molecule has 0 unspecified atom stereocenters. The summed E-state index contributed by atoms with van der Waals surface area (Å²) in [5, 5.41) is 11.5. The number of pyridine rings is 1. The quantitative estimate of drug-likeness (QED) is 0.582. The molecule has 2 aromatic rings. The maximum atomic E-state index is 12.0. The Morgan fingerprint density at radius 1 is 1.24 bits per heavy atom. The van der Waals surface area contributed by atoms with Crippen LogP contribution in [0.3, 0.4) is 0 Å². The maximum absolute atomic E-state index is 12.0. The van der Waals surface area contributed by atoms with E-state index in [1.54, 1.807) is 17.0 Å². The van der Waals surface area contributed by atoms with E-state index in [9.17, 15) is 14.9 Å². The number of morpholine rings is 1. The van der Waals surface area contributed by atoms with Crippen LogP contribution in [0.1, 0.15) is 10.5 Å². The molecule has 3 heterocycles. The van der Waals surface area contributed by atoms with Crippen molar-refractivity contribution in [2.75, 3.05) is 36.6 Å². The Morgan fingerprint density at radius 2 is 2.04 bits per heavy atom. The van der Waals surface area contributed by atoms with Crippen LogP contribution in [0.2, 0.25) is 0 Å². The van der Waals surface area contributed by atoms with Gasteiger partial charge in [0.2, 0.25) is 11.6 Å². The number of nitrogens with one attached hydrogen (secondary N) is 2. The molecule has 11 heteroatoms. The summed E-state index contributed by atoms with van der Waals surface area (Å²) in [7, 11) is 0. The number of nitrogens with zero attached hydrogens (tertiary/aromatic N) is 5. The van der Waals surface area contributed by atoms with Crippen LogP contribution >= 0.6 is 0 Å². The van der Waals surface area contributed by atoms with Crippen LogP contribution in [0.4, 0.5) is 17.3 Å². The van der Waals surface area contributed by atoms with Crippen molar-refractivity contribution in [3.63, 3.8) is 0 Å².